The fraction of sp³-hybridized carbons (Fsp3) is 0.652. The maximum atomic E-state index is 14.8. The van der Waals surface area contributed by atoms with Crippen molar-refractivity contribution >= 4 is 24.6 Å². The first-order valence-corrected chi connectivity index (χ1v) is 11.2. The molecule has 0 unspecified atom stereocenters. The highest BCUT2D eigenvalue weighted by Gasteiger charge is 2.52. The van der Waals surface area contributed by atoms with Crippen molar-refractivity contribution < 1.29 is 32.4 Å². The summed E-state index contributed by atoms with van der Waals surface area (Å²) in [7, 11) is -1.03. The van der Waals surface area contributed by atoms with E-state index >= 15 is 0 Å². The van der Waals surface area contributed by atoms with Crippen molar-refractivity contribution in [3.8, 4) is 0 Å². The molecule has 2 aliphatic heterocycles. The van der Waals surface area contributed by atoms with Gasteiger partial charge in [-0.05, 0) is 66.2 Å². The van der Waals surface area contributed by atoms with Crippen LogP contribution in [0.2, 0.25) is 0 Å². The number of halogens is 2. The van der Waals surface area contributed by atoms with E-state index in [2.05, 4.69) is 0 Å². The van der Waals surface area contributed by atoms with Crippen LogP contribution in [0.15, 0.2) is 12.1 Å². The van der Waals surface area contributed by atoms with E-state index in [9.17, 15) is 18.4 Å². The van der Waals surface area contributed by atoms with Gasteiger partial charge in [-0.2, -0.15) is 0 Å². The first kappa shape index (κ1) is 25.4. The van der Waals surface area contributed by atoms with Crippen molar-refractivity contribution in [2.24, 2.45) is 0 Å². The lowest BCUT2D eigenvalue weighted by molar-refractivity contribution is -0.132. The molecule has 2 aliphatic rings. The molecule has 2 heterocycles. The Kier molecular flexibility index (Phi) is 6.83. The van der Waals surface area contributed by atoms with Crippen molar-refractivity contribution in [2.75, 3.05) is 26.2 Å². The molecule has 1 aromatic carbocycles. The third kappa shape index (κ3) is 5.66. The van der Waals surface area contributed by atoms with Gasteiger partial charge >= 0.3 is 13.2 Å². The number of amides is 2. The molecular weight excluding hydrogens is 433 g/mol. The third-order valence-corrected chi connectivity index (χ3v) is 6.30. The minimum Gasteiger partial charge on any atom is -0.444 e. The first-order valence-electron chi connectivity index (χ1n) is 11.2. The van der Waals surface area contributed by atoms with Gasteiger partial charge in [0.05, 0.1) is 17.6 Å². The zero-order valence-corrected chi connectivity index (χ0v) is 20.5. The number of piperazine rings is 1. The van der Waals surface area contributed by atoms with Crippen molar-refractivity contribution in [1.82, 2.24) is 9.80 Å². The number of benzene rings is 1. The Morgan fingerprint density at radius 3 is 2.00 bits per heavy atom. The molecule has 0 spiro atoms. The van der Waals surface area contributed by atoms with Gasteiger partial charge in [-0.3, -0.25) is 4.79 Å². The molecule has 182 valence electrons. The topological polar surface area (TPSA) is 68.3 Å². The van der Waals surface area contributed by atoms with E-state index in [-0.39, 0.29) is 23.4 Å². The Labute approximate surface area is 194 Å². The third-order valence-electron chi connectivity index (χ3n) is 6.30. The molecule has 0 N–H and O–H groups in total. The molecule has 0 atom stereocenters. The van der Waals surface area contributed by atoms with E-state index in [1.54, 1.807) is 25.7 Å². The minimum absolute atomic E-state index is 0.0340. The smallest absolute Gasteiger partial charge is 0.444 e. The van der Waals surface area contributed by atoms with Crippen LogP contribution in [0.1, 0.15) is 54.0 Å². The van der Waals surface area contributed by atoms with Gasteiger partial charge in [0, 0.05) is 31.6 Å². The molecule has 0 aliphatic carbocycles. The average Bonchev–Trinajstić information content (AvgIpc) is 2.90. The second-order valence-electron chi connectivity index (χ2n) is 10.6. The Morgan fingerprint density at radius 2 is 1.48 bits per heavy atom. The van der Waals surface area contributed by atoms with Gasteiger partial charge < -0.3 is 23.8 Å². The van der Waals surface area contributed by atoms with Crippen LogP contribution in [0.3, 0.4) is 0 Å². The zero-order chi connectivity index (χ0) is 24.8. The van der Waals surface area contributed by atoms with Gasteiger partial charge in [-0.25, -0.2) is 13.6 Å². The molecule has 0 radical (unpaired) electrons. The summed E-state index contributed by atoms with van der Waals surface area (Å²) in [6.45, 7) is 13.9. The Bertz CT molecular complexity index is 908. The van der Waals surface area contributed by atoms with Crippen LogP contribution < -0.4 is 5.46 Å². The van der Waals surface area contributed by atoms with Gasteiger partial charge in [0.15, 0.2) is 0 Å². The largest absolute Gasteiger partial charge is 0.497 e. The van der Waals surface area contributed by atoms with Gasteiger partial charge in [-0.1, -0.05) is 0 Å². The van der Waals surface area contributed by atoms with Crippen molar-refractivity contribution in [1.29, 1.82) is 0 Å². The summed E-state index contributed by atoms with van der Waals surface area (Å²) in [5.41, 5.74) is -2.04. The van der Waals surface area contributed by atoms with Crippen molar-refractivity contribution in [3.05, 3.63) is 29.3 Å². The summed E-state index contributed by atoms with van der Waals surface area (Å²) in [6.07, 6.45) is -0.709. The van der Waals surface area contributed by atoms with E-state index < -0.39 is 41.6 Å². The highest BCUT2D eigenvalue weighted by atomic mass is 19.1. The van der Waals surface area contributed by atoms with Gasteiger partial charge in [0.25, 0.3) is 0 Å². The molecule has 0 bridgehead atoms. The minimum atomic E-state index is -1.03. The lowest BCUT2D eigenvalue weighted by Crippen LogP contribution is -2.52. The number of carbonyl (C=O) groups excluding carboxylic acids is 2. The number of hydrogen-bond acceptors (Lipinski definition) is 5. The quantitative estimate of drug-likeness (QED) is 0.641. The average molecular weight is 466 g/mol. The fourth-order valence-corrected chi connectivity index (χ4v) is 3.63. The molecule has 0 aromatic heterocycles. The molecule has 2 fully saturated rings. The summed E-state index contributed by atoms with van der Waals surface area (Å²) in [4.78, 5) is 28.0. The first-order chi connectivity index (χ1) is 15.1. The lowest BCUT2D eigenvalue weighted by Gasteiger charge is -2.35. The number of ether oxygens (including phenoxy) is 1. The summed E-state index contributed by atoms with van der Waals surface area (Å²) in [5.74, 6) is -1.71. The Morgan fingerprint density at radius 1 is 0.970 bits per heavy atom. The summed E-state index contributed by atoms with van der Waals surface area (Å²) in [6, 6.07) is 2.07. The van der Waals surface area contributed by atoms with E-state index in [1.165, 1.54) is 4.90 Å². The second kappa shape index (κ2) is 8.87. The number of carbonyl (C=O) groups is 2. The summed E-state index contributed by atoms with van der Waals surface area (Å²) in [5, 5.41) is 0. The van der Waals surface area contributed by atoms with Crippen LogP contribution in [-0.4, -0.2) is 71.9 Å². The maximum absolute atomic E-state index is 14.8. The Balaban J connectivity index is 1.62. The molecule has 2 amide bonds. The highest BCUT2D eigenvalue weighted by Crippen LogP contribution is 2.36. The molecule has 0 saturated carbocycles. The highest BCUT2D eigenvalue weighted by molar-refractivity contribution is 6.62. The maximum Gasteiger partial charge on any atom is 0.497 e. The summed E-state index contributed by atoms with van der Waals surface area (Å²) >= 11 is 0. The number of hydrogen-bond donors (Lipinski definition) is 0. The predicted octanol–water partition coefficient (Wildman–Crippen LogP) is 2.89. The normalized spacial score (nSPS) is 20.2. The van der Waals surface area contributed by atoms with Crippen LogP contribution in [0.25, 0.3) is 0 Å². The molecule has 1 aromatic rings. The van der Waals surface area contributed by atoms with E-state index in [1.807, 2.05) is 27.7 Å². The zero-order valence-electron chi connectivity index (χ0n) is 20.5. The molecule has 2 saturated heterocycles. The second-order valence-corrected chi connectivity index (χ2v) is 10.6. The van der Waals surface area contributed by atoms with Gasteiger partial charge in [-0.15, -0.1) is 0 Å². The van der Waals surface area contributed by atoms with Crippen LogP contribution in [0.5, 0.6) is 0 Å². The van der Waals surface area contributed by atoms with Gasteiger partial charge in [0.1, 0.15) is 17.2 Å². The molecule has 7 nitrogen and oxygen atoms in total. The molecule has 3 rings (SSSR count). The van der Waals surface area contributed by atoms with Crippen molar-refractivity contribution in [3.63, 3.8) is 0 Å². The number of nitrogens with zero attached hydrogens (tertiary/aromatic N) is 2. The van der Waals surface area contributed by atoms with E-state index in [0.29, 0.717) is 26.2 Å². The van der Waals surface area contributed by atoms with Gasteiger partial charge in [0.2, 0.25) is 5.91 Å². The SMILES string of the molecule is CC(C)(C)OC(=O)N1CCN(C(=O)Cc2cc(F)c(B3OC(C)(C)C(C)(C)O3)cc2F)CC1. The van der Waals surface area contributed by atoms with E-state index in [4.69, 9.17) is 14.0 Å². The Hall–Kier alpha value is -2.20. The van der Waals surface area contributed by atoms with Crippen LogP contribution in [0, 0.1) is 11.6 Å². The predicted molar refractivity (Wildman–Crippen MR) is 120 cm³/mol. The van der Waals surface area contributed by atoms with Crippen molar-refractivity contribution in [2.45, 2.75) is 71.7 Å². The lowest BCUT2D eigenvalue weighted by atomic mass is 9.78. The number of rotatable bonds is 3. The molecule has 10 heteroatoms. The van der Waals surface area contributed by atoms with Crippen LogP contribution >= 0.6 is 0 Å². The standard InChI is InChI=1S/C23H33BF2N2O5/c1-21(2,3)31-20(30)28-10-8-27(9-11-28)19(29)13-15-12-18(26)16(14-17(15)25)24-32-22(4,5)23(6,7)33-24/h12,14H,8-11,13H2,1-7H3. The van der Waals surface area contributed by atoms with Crippen LogP contribution in [0.4, 0.5) is 13.6 Å². The monoisotopic (exact) mass is 466 g/mol. The fourth-order valence-electron chi connectivity index (χ4n) is 3.63. The van der Waals surface area contributed by atoms with Crippen LogP contribution in [-0.2, 0) is 25.3 Å². The summed E-state index contributed by atoms with van der Waals surface area (Å²) < 4.78 is 46.6. The molecule has 33 heavy (non-hydrogen) atoms. The molecular formula is C23H33BF2N2O5. The van der Waals surface area contributed by atoms with E-state index in [0.717, 1.165) is 12.1 Å².